The molecule has 2 saturated heterocycles. The maximum absolute atomic E-state index is 15.3. The van der Waals surface area contributed by atoms with Crippen molar-refractivity contribution in [2.45, 2.75) is 38.0 Å². The summed E-state index contributed by atoms with van der Waals surface area (Å²) in [7, 11) is 0. The molecule has 5 atom stereocenters. The number of fused-ring (bicyclic) bond motifs is 1. The highest BCUT2D eigenvalue weighted by molar-refractivity contribution is 5.94. The molecule has 2 fully saturated rings. The van der Waals surface area contributed by atoms with Crippen LogP contribution in [0.25, 0.3) is 0 Å². The van der Waals surface area contributed by atoms with Gasteiger partial charge in [0.25, 0.3) is 5.56 Å². The molecule has 0 amide bonds. The Balaban J connectivity index is 1.98. The fraction of sp³-hybridized carbons (Fsp3) is 0.571. The standard InChI is InChI=1S/C14H15FN2O7/c1-6-10(19)22-5-7-9(24-11(6)20)14(2,15)12(23-7)17-4-3-8(18)16-13(17)21/h3-4,6-7,9,12H,5H2,1-2H3,(H,16,18,21)/t6?,7-,9-,12-,14-/m1/s1. The molecule has 0 aliphatic carbocycles. The second-order valence-corrected chi connectivity index (χ2v) is 5.90. The predicted molar refractivity (Wildman–Crippen MR) is 74.7 cm³/mol. The number of cyclic esters (lactones) is 1. The quantitative estimate of drug-likeness (QED) is 0.528. The molecule has 10 heteroatoms. The van der Waals surface area contributed by atoms with E-state index in [2.05, 4.69) is 0 Å². The van der Waals surface area contributed by atoms with Gasteiger partial charge in [-0.25, -0.2) is 9.18 Å². The summed E-state index contributed by atoms with van der Waals surface area (Å²) in [6.45, 7) is 2.08. The van der Waals surface area contributed by atoms with Crippen LogP contribution in [0.5, 0.6) is 0 Å². The Kier molecular flexibility index (Phi) is 3.78. The molecule has 2 aliphatic heterocycles. The monoisotopic (exact) mass is 342 g/mol. The zero-order valence-electron chi connectivity index (χ0n) is 12.9. The van der Waals surface area contributed by atoms with Crippen molar-refractivity contribution < 1.29 is 28.2 Å². The first-order valence-electron chi connectivity index (χ1n) is 7.25. The smallest absolute Gasteiger partial charge is 0.330 e. The maximum Gasteiger partial charge on any atom is 0.330 e. The molecule has 0 bridgehead atoms. The van der Waals surface area contributed by atoms with Gasteiger partial charge in [-0.2, -0.15) is 0 Å². The van der Waals surface area contributed by atoms with Gasteiger partial charge in [0.1, 0.15) is 12.7 Å². The molecule has 2 aliphatic rings. The molecule has 0 radical (unpaired) electrons. The van der Waals surface area contributed by atoms with Crippen molar-refractivity contribution in [3.63, 3.8) is 0 Å². The normalized spacial score (nSPS) is 36.3. The van der Waals surface area contributed by atoms with E-state index in [9.17, 15) is 19.2 Å². The van der Waals surface area contributed by atoms with Crippen molar-refractivity contribution in [3.05, 3.63) is 33.1 Å². The lowest BCUT2D eigenvalue weighted by molar-refractivity contribution is -0.180. The van der Waals surface area contributed by atoms with Crippen molar-refractivity contribution in [3.8, 4) is 0 Å². The van der Waals surface area contributed by atoms with Crippen LogP contribution in [-0.4, -0.2) is 46.0 Å². The number of nitrogens with zero attached hydrogens (tertiary/aromatic N) is 1. The van der Waals surface area contributed by atoms with Crippen molar-refractivity contribution in [1.82, 2.24) is 9.55 Å². The number of hydrogen-bond donors (Lipinski definition) is 1. The van der Waals surface area contributed by atoms with Crippen molar-refractivity contribution >= 4 is 11.9 Å². The van der Waals surface area contributed by atoms with Crippen LogP contribution in [0.15, 0.2) is 21.9 Å². The summed E-state index contributed by atoms with van der Waals surface area (Å²) in [4.78, 5) is 48.5. The molecule has 3 heterocycles. The third kappa shape index (κ3) is 2.52. The average Bonchev–Trinajstić information content (AvgIpc) is 2.74. The Morgan fingerprint density at radius 1 is 1.29 bits per heavy atom. The van der Waals surface area contributed by atoms with Crippen LogP contribution >= 0.6 is 0 Å². The Bertz CT molecular complexity index is 799. The molecular weight excluding hydrogens is 327 g/mol. The summed E-state index contributed by atoms with van der Waals surface area (Å²) in [6, 6.07) is 1.04. The summed E-state index contributed by atoms with van der Waals surface area (Å²) < 4.78 is 31.6. The first-order valence-corrected chi connectivity index (χ1v) is 7.25. The molecule has 0 spiro atoms. The van der Waals surface area contributed by atoms with E-state index >= 15 is 4.39 Å². The Labute approximate surface area is 134 Å². The molecule has 24 heavy (non-hydrogen) atoms. The van der Waals surface area contributed by atoms with Gasteiger partial charge in [-0.15, -0.1) is 0 Å². The van der Waals surface area contributed by atoms with Gasteiger partial charge in [0.2, 0.25) is 0 Å². The molecule has 0 aromatic carbocycles. The fourth-order valence-electron chi connectivity index (χ4n) is 2.75. The van der Waals surface area contributed by atoms with Crippen LogP contribution in [0.4, 0.5) is 4.39 Å². The molecule has 1 N–H and O–H groups in total. The lowest BCUT2D eigenvalue weighted by Gasteiger charge is -2.29. The molecule has 1 unspecified atom stereocenters. The van der Waals surface area contributed by atoms with Crippen LogP contribution in [0.2, 0.25) is 0 Å². The van der Waals surface area contributed by atoms with E-state index < -0.39 is 53.2 Å². The van der Waals surface area contributed by atoms with Crippen LogP contribution in [0.1, 0.15) is 20.1 Å². The van der Waals surface area contributed by atoms with Crippen molar-refractivity contribution in [2.24, 2.45) is 5.92 Å². The van der Waals surface area contributed by atoms with Gasteiger partial charge in [-0.1, -0.05) is 0 Å². The number of carbonyl (C=O) groups excluding carboxylic acids is 2. The van der Waals surface area contributed by atoms with Crippen molar-refractivity contribution in [2.75, 3.05) is 6.61 Å². The third-order valence-electron chi connectivity index (χ3n) is 4.12. The second-order valence-electron chi connectivity index (χ2n) is 5.90. The summed E-state index contributed by atoms with van der Waals surface area (Å²) in [5.41, 5.74) is -3.80. The lowest BCUT2D eigenvalue weighted by Crippen LogP contribution is -2.48. The highest BCUT2D eigenvalue weighted by atomic mass is 19.1. The molecule has 1 aromatic rings. The van der Waals surface area contributed by atoms with E-state index in [1.165, 1.54) is 6.92 Å². The minimum Gasteiger partial charge on any atom is -0.462 e. The predicted octanol–water partition coefficient (Wildman–Crippen LogP) is -0.733. The molecule has 0 saturated carbocycles. The van der Waals surface area contributed by atoms with Gasteiger partial charge in [-0.05, 0) is 13.8 Å². The first kappa shape index (κ1) is 16.4. The number of aromatic nitrogens is 2. The molecule has 1 aromatic heterocycles. The van der Waals surface area contributed by atoms with E-state index in [0.29, 0.717) is 0 Å². The number of halogens is 1. The van der Waals surface area contributed by atoms with Gasteiger partial charge in [0.15, 0.2) is 23.9 Å². The Morgan fingerprint density at radius 3 is 2.67 bits per heavy atom. The minimum atomic E-state index is -2.29. The Hall–Kier alpha value is -2.49. The minimum absolute atomic E-state index is 0.324. The zero-order chi connectivity index (χ0) is 17.6. The molecule has 3 rings (SSSR count). The van der Waals surface area contributed by atoms with Crippen molar-refractivity contribution in [1.29, 1.82) is 0 Å². The average molecular weight is 342 g/mol. The van der Waals surface area contributed by atoms with Crippen LogP contribution in [-0.2, 0) is 23.8 Å². The Morgan fingerprint density at radius 2 is 2.00 bits per heavy atom. The highest BCUT2D eigenvalue weighted by Crippen LogP contribution is 2.43. The zero-order valence-corrected chi connectivity index (χ0v) is 12.9. The number of rotatable bonds is 1. The van der Waals surface area contributed by atoms with E-state index in [1.807, 2.05) is 4.98 Å². The summed E-state index contributed by atoms with van der Waals surface area (Å²) in [6.07, 6.45) is -2.83. The van der Waals surface area contributed by atoms with Gasteiger partial charge in [0, 0.05) is 12.3 Å². The topological polar surface area (TPSA) is 117 Å². The first-order chi connectivity index (χ1) is 11.2. The molecule has 9 nitrogen and oxygen atoms in total. The van der Waals surface area contributed by atoms with Gasteiger partial charge in [0.05, 0.1) is 0 Å². The fourth-order valence-corrected chi connectivity index (χ4v) is 2.75. The largest absolute Gasteiger partial charge is 0.462 e. The number of ether oxygens (including phenoxy) is 3. The van der Waals surface area contributed by atoms with E-state index in [1.54, 1.807) is 0 Å². The maximum atomic E-state index is 15.3. The number of hydrogen-bond acceptors (Lipinski definition) is 7. The van der Waals surface area contributed by atoms with Gasteiger partial charge < -0.3 is 14.2 Å². The van der Waals surface area contributed by atoms with Crippen LogP contribution < -0.4 is 11.2 Å². The number of esters is 2. The molecule has 130 valence electrons. The third-order valence-corrected chi connectivity index (χ3v) is 4.12. The molecular formula is C14H15FN2O7. The lowest BCUT2D eigenvalue weighted by atomic mass is 9.97. The van der Waals surface area contributed by atoms with Gasteiger partial charge >= 0.3 is 17.6 Å². The van der Waals surface area contributed by atoms with Crippen LogP contribution in [0.3, 0.4) is 0 Å². The van der Waals surface area contributed by atoms with Gasteiger partial charge in [-0.3, -0.25) is 23.9 Å². The number of nitrogens with one attached hydrogen (secondary N) is 1. The summed E-state index contributed by atoms with van der Waals surface area (Å²) >= 11 is 0. The highest BCUT2D eigenvalue weighted by Gasteiger charge is 2.59. The number of carbonyl (C=O) groups is 2. The summed E-state index contributed by atoms with van der Waals surface area (Å²) in [5.74, 6) is -2.92. The summed E-state index contributed by atoms with van der Waals surface area (Å²) in [5, 5.41) is 0. The van der Waals surface area contributed by atoms with E-state index in [4.69, 9.17) is 14.2 Å². The SMILES string of the molecule is CC1C(=O)OC[C@H]2O[C@@H](n3ccc(=O)[nH]c3=O)[C@](C)(F)[C@@H]2OC1=O. The van der Waals surface area contributed by atoms with E-state index in [-0.39, 0.29) is 6.61 Å². The van der Waals surface area contributed by atoms with E-state index in [0.717, 1.165) is 23.8 Å². The number of H-pyrrole nitrogens is 1. The number of aromatic amines is 1. The number of alkyl halides is 1. The second kappa shape index (κ2) is 5.55. The van der Waals surface area contributed by atoms with Crippen LogP contribution in [0, 0.1) is 5.92 Å².